The first-order chi connectivity index (χ1) is 14.8. The molecule has 8 heteroatoms. The second kappa shape index (κ2) is 9.42. The van der Waals surface area contributed by atoms with Gasteiger partial charge < -0.3 is 11.1 Å². The fourth-order valence-electron chi connectivity index (χ4n) is 3.28. The molecular formula is C23H27N5O3. The number of rotatable bonds is 9. The Morgan fingerprint density at radius 2 is 1.84 bits per heavy atom. The zero-order valence-electron chi connectivity index (χ0n) is 18.0. The third kappa shape index (κ3) is 4.91. The predicted octanol–water partition coefficient (Wildman–Crippen LogP) is 3.26. The van der Waals surface area contributed by atoms with Crippen molar-refractivity contribution in [3.8, 4) is 0 Å². The Balaban J connectivity index is 1.92. The topological polar surface area (TPSA) is 110 Å². The summed E-state index contributed by atoms with van der Waals surface area (Å²) in [5.41, 5.74) is 8.05. The van der Waals surface area contributed by atoms with Crippen molar-refractivity contribution in [1.82, 2.24) is 9.38 Å². The molecule has 162 valence electrons. The number of benzene rings is 1. The standard InChI is InChI=1S/C23H27N5O3/c1-4-19-23(27(14-29)12-11-15(2)3)28-13-17(7-10-20(28)26-19)22(31)25-18-8-5-16(6-9-18)21(24)30/h5-10,13-15H,4,11-12H2,1-3H3,(H2,24,30)(H,25,31). The molecule has 0 bridgehead atoms. The number of hydrogen-bond donors (Lipinski definition) is 2. The van der Waals surface area contributed by atoms with Gasteiger partial charge in [0.2, 0.25) is 12.3 Å². The lowest BCUT2D eigenvalue weighted by Gasteiger charge is -2.19. The van der Waals surface area contributed by atoms with Gasteiger partial charge in [0, 0.05) is 24.0 Å². The summed E-state index contributed by atoms with van der Waals surface area (Å²) in [7, 11) is 0. The number of nitrogens with zero attached hydrogens (tertiary/aromatic N) is 3. The van der Waals surface area contributed by atoms with E-state index in [9.17, 15) is 14.4 Å². The van der Waals surface area contributed by atoms with E-state index < -0.39 is 5.91 Å². The number of hydrogen-bond acceptors (Lipinski definition) is 4. The number of anilines is 2. The predicted molar refractivity (Wildman–Crippen MR) is 120 cm³/mol. The quantitative estimate of drug-likeness (QED) is 0.517. The van der Waals surface area contributed by atoms with E-state index in [0.29, 0.717) is 47.2 Å². The molecule has 2 heterocycles. The number of nitrogens with two attached hydrogens (primary N) is 1. The Morgan fingerprint density at radius 3 is 2.42 bits per heavy atom. The van der Waals surface area contributed by atoms with E-state index in [1.807, 2.05) is 6.92 Å². The Bertz CT molecular complexity index is 1100. The molecule has 31 heavy (non-hydrogen) atoms. The van der Waals surface area contributed by atoms with Gasteiger partial charge in [-0.1, -0.05) is 20.8 Å². The smallest absolute Gasteiger partial charge is 0.257 e. The first kappa shape index (κ1) is 22.0. The Hall–Kier alpha value is -3.68. The number of carbonyl (C=O) groups is 3. The molecule has 0 radical (unpaired) electrons. The van der Waals surface area contributed by atoms with Gasteiger partial charge in [-0.15, -0.1) is 0 Å². The van der Waals surface area contributed by atoms with Gasteiger partial charge in [-0.25, -0.2) is 4.98 Å². The van der Waals surface area contributed by atoms with Gasteiger partial charge in [-0.05, 0) is 55.2 Å². The van der Waals surface area contributed by atoms with Crippen LogP contribution in [0.15, 0.2) is 42.6 Å². The third-order valence-electron chi connectivity index (χ3n) is 5.03. The number of nitrogens with one attached hydrogen (secondary N) is 1. The van der Waals surface area contributed by atoms with E-state index in [0.717, 1.165) is 18.5 Å². The van der Waals surface area contributed by atoms with E-state index in [2.05, 4.69) is 24.1 Å². The number of aromatic nitrogens is 2. The minimum atomic E-state index is -0.528. The molecular weight excluding hydrogens is 394 g/mol. The Kier molecular flexibility index (Phi) is 6.69. The molecule has 3 N–H and O–H groups in total. The maximum Gasteiger partial charge on any atom is 0.257 e. The van der Waals surface area contributed by atoms with Crippen LogP contribution in [0.4, 0.5) is 11.5 Å². The van der Waals surface area contributed by atoms with Crippen molar-refractivity contribution >= 4 is 35.4 Å². The summed E-state index contributed by atoms with van der Waals surface area (Å²) in [6, 6.07) is 9.80. The molecule has 3 amide bonds. The van der Waals surface area contributed by atoms with Gasteiger partial charge in [-0.2, -0.15) is 0 Å². The summed E-state index contributed by atoms with van der Waals surface area (Å²) >= 11 is 0. The van der Waals surface area contributed by atoms with Gasteiger partial charge in [0.15, 0.2) is 0 Å². The van der Waals surface area contributed by atoms with E-state index in [4.69, 9.17) is 5.73 Å². The van der Waals surface area contributed by atoms with E-state index in [1.165, 1.54) is 0 Å². The summed E-state index contributed by atoms with van der Waals surface area (Å²) in [6.07, 6.45) is 4.03. The molecule has 0 spiro atoms. The highest BCUT2D eigenvalue weighted by Crippen LogP contribution is 2.24. The number of fused-ring (bicyclic) bond motifs is 1. The second-order valence-corrected chi connectivity index (χ2v) is 7.76. The molecule has 3 aromatic rings. The van der Waals surface area contributed by atoms with Crippen LogP contribution in [0.5, 0.6) is 0 Å². The molecule has 0 unspecified atom stereocenters. The highest BCUT2D eigenvalue weighted by molar-refractivity contribution is 6.04. The summed E-state index contributed by atoms with van der Waals surface area (Å²) in [4.78, 5) is 42.1. The first-order valence-electron chi connectivity index (χ1n) is 10.3. The highest BCUT2D eigenvalue weighted by Gasteiger charge is 2.19. The maximum atomic E-state index is 12.8. The van der Waals surface area contributed by atoms with Crippen molar-refractivity contribution in [3.63, 3.8) is 0 Å². The van der Waals surface area contributed by atoms with Crippen molar-refractivity contribution in [2.45, 2.75) is 33.6 Å². The van der Waals surface area contributed by atoms with Gasteiger partial charge in [0.05, 0.1) is 11.3 Å². The lowest BCUT2D eigenvalue weighted by molar-refractivity contribution is -0.107. The van der Waals surface area contributed by atoms with Crippen LogP contribution in [0.2, 0.25) is 0 Å². The van der Waals surface area contributed by atoms with Crippen LogP contribution in [0.25, 0.3) is 5.65 Å². The SMILES string of the molecule is CCc1nc2ccc(C(=O)Nc3ccc(C(N)=O)cc3)cn2c1N(C=O)CCC(C)C. The summed E-state index contributed by atoms with van der Waals surface area (Å²) in [5, 5.41) is 2.80. The average Bonchev–Trinajstić information content (AvgIpc) is 3.12. The van der Waals surface area contributed by atoms with Crippen LogP contribution in [0.1, 0.15) is 53.6 Å². The molecule has 3 rings (SSSR count). The zero-order chi connectivity index (χ0) is 22.5. The monoisotopic (exact) mass is 421 g/mol. The molecule has 0 saturated carbocycles. The molecule has 0 aliphatic rings. The first-order valence-corrected chi connectivity index (χ1v) is 10.3. The molecule has 8 nitrogen and oxygen atoms in total. The summed E-state index contributed by atoms with van der Waals surface area (Å²) < 4.78 is 1.79. The normalized spacial score (nSPS) is 11.0. The van der Waals surface area contributed by atoms with Crippen LogP contribution in [-0.4, -0.2) is 34.2 Å². The molecule has 0 aliphatic carbocycles. The van der Waals surface area contributed by atoms with Crippen LogP contribution in [0.3, 0.4) is 0 Å². The zero-order valence-corrected chi connectivity index (χ0v) is 18.0. The van der Waals surface area contributed by atoms with Gasteiger partial charge in [0.25, 0.3) is 5.91 Å². The highest BCUT2D eigenvalue weighted by atomic mass is 16.2. The van der Waals surface area contributed by atoms with E-state index in [-0.39, 0.29) is 5.91 Å². The minimum absolute atomic E-state index is 0.314. The minimum Gasteiger partial charge on any atom is -0.366 e. The Labute approximate surface area is 181 Å². The molecule has 0 aliphatic heterocycles. The van der Waals surface area contributed by atoms with Gasteiger partial charge in [0.1, 0.15) is 11.5 Å². The van der Waals surface area contributed by atoms with Crippen molar-refractivity contribution in [1.29, 1.82) is 0 Å². The molecule has 1 aromatic carbocycles. The fraction of sp³-hybridized carbons (Fsp3) is 0.304. The lowest BCUT2D eigenvalue weighted by atomic mass is 10.1. The van der Waals surface area contributed by atoms with Crippen LogP contribution in [-0.2, 0) is 11.2 Å². The second-order valence-electron chi connectivity index (χ2n) is 7.76. The van der Waals surface area contributed by atoms with Crippen LogP contribution < -0.4 is 16.0 Å². The van der Waals surface area contributed by atoms with Crippen molar-refractivity contribution in [2.24, 2.45) is 11.7 Å². The molecule has 0 atom stereocenters. The van der Waals surface area contributed by atoms with Gasteiger partial charge >= 0.3 is 0 Å². The molecule has 0 fully saturated rings. The third-order valence-corrected chi connectivity index (χ3v) is 5.03. The van der Waals surface area contributed by atoms with E-state index in [1.54, 1.807) is 51.9 Å². The van der Waals surface area contributed by atoms with Gasteiger partial charge in [-0.3, -0.25) is 23.7 Å². The van der Waals surface area contributed by atoms with Crippen molar-refractivity contribution < 1.29 is 14.4 Å². The molecule has 2 aromatic heterocycles. The number of primary amides is 1. The maximum absolute atomic E-state index is 12.8. The number of imidazole rings is 1. The van der Waals surface area contributed by atoms with Crippen LogP contribution >= 0.6 is 0 Å². The lowest BCUT2D eigenvalue weighted by Crippen LogP contribution is -2.26. The van der Waals surface area contributed by atoms with E-state index >= 15 is 0 Å². The Morgan fingerprint density at radius 1 is 1.16 bits per heavy atom. The molecule has 0 saturated heterocycles. The number of aryl methyl sites for hydroxylation is 1. The largest absolute Gasteiger partial charge is 0.366 e. The summed E-state index contributed by atoms with van der Waals surface area (Å²) in [6.45, 7) is 6.78. The number of amides is 3. The number of carbonyl (C=O) groups excluding carboxylic acids is 3. The number of pyridine rings is 1. The summed E-state index contributed by atoms with van der Waals surface area (Å²) in [5.74, 6) is 0.300. The average molecular weight is 422 g/mol. The van der Waals surface area contributed by atoms with Crippen LogP contribution in [0, 0.1) is 5.92 Å². The van der Waals surface area contributed by atoms with Crippen molar-refractivity contribution in [3.05, 3.63) is 59.4 Å². The fourth-order valence-corrected chi connectivity index (χ4v) is 3.28. The van der Waals surface area contributed by atoms with Crippen molar-refractivity contribution in [2.75, 3.05) is 16.8 Å².